The molecule has 0 saturated carbocycles. The quantitative estimate of drug-likeness (QED) is 0.538. The summed E-state index contributed by atoms with van der Waals surface area (Å²) in [5, 5.41) is 0. The molecule has 2 aliphatic carbocycles. The standard InChI is InChI=1S/C12H10/c1-2-7-12-10-5-3-4-9(8-10)11(12)6-1/h1-7,9H,8H2. The summed E-state index contributed by atoms with van der Waals surface area (Å²) in [5.41, 5.74) is 4.49. The molecular weight excluding hydrogens is 144 g/mol. The summed E-state index contributed by atoms with van der Waals surface area (Å²) in [6, 6.07) is 8.74. The summed E-state index contributed by atoms with van der Waals surface area (Å²) in [6.45, 7) is 0. The van der Waals surface area contributed by atoms with Gasteiger partial charge in [-0.05, 0) is 23.1 Å². The molecule has 3 rings (SSSR count). The first-order valence-corrected chi connectivity index (χ1v) is 4.42. The molecule has 0 amide bonds. The lowest BCUT2D eigenvalue weighted by atomic mass is 10.00. The molecule has 0 nitrogen and oxygen atoms in total. The number of hydrogen-bond acceptors (Lipinski definition) is 0. The molecule has 2 bridgehead atoms. The number of fused-ring (bicyclic) bond motifs is 5. The average molecular weight is 154 g/mol. The number of hydrogen-bond donors (Lipinski definition) is 0. The Morgan fingerprint density at radius 3 is 3.08 bits per heavy atom. The fourth-order valence-electron chi connectivity index (χ4n) is 2.20. The largest absolute Gasteiger partial charge is 0.0766 e. The van der Waals surface area contributed by atoms with Gasteiger partial charge < -0.3 is 0 Å². The van der Waals surface area contributed by atoms with Crippen LogP contribution in [0.15, 0.2) is 42.5 Å². The van der Waals surface area contributed by atoms with E-state index >= 15 is 0 Å². The fourth-order valence-corrected chi connectivity index (χ4v) is 2.20. The van der Waals surface area contributed by atoms with E-state index in [9.17, 15) is 0 Å². The van der Waals surface area contributed by atoms with Crippen LogP contribution >= 0.6 is 0 Å². The molecule has 0 aliphatic heterocycles. The van der Waals surface area contributed by atoms with E-state index in [-0.39, 0.29) is 0 Å². The second kappa shape index (κ2) is 2.10. The molecule has 0 aromatic heterocycles. The molecule has 0 radical (unpaired) electrons. The van der Waals surface area contributed by atoms with Crippen LogP contribution in [0.2, 0.25) is 0 Å². The van der Waals surface area contributed by atoms with Crippen LogP contribution < -0.4 is 0 Å². The Morgan fingerprint density at radius 2 is 2.08 bits per heavy atom. The van der Waals surface area contributed by atoms with Crippen molar-refractivity contribution in [3.8, 4) is 0 Å². The van der Waals surface area contributed by atoms with Crippen LogP contribution in [-0.2, 0) is 0 Å². The zero-order valence-electron chi connectivity index (χ0n) is 6.83. The molecule has 0 saturated heterocycles. The van der Waals surface area contributed by atoms with Gasteiger partial charge >= 0.3 is 0 Å². The number of benzene rings is 1. The van der Waals surface area contributed by atoms with E-state index in [0.29, 0.717) is 5.92 Å². The second-order valence-corrected chi connectivity index (χ2v) is 3.47. The zero-order chi connectivity index (χ0) is 7.97. The van der Waals surface area contributed by atoms with Gasteiger partial charge in [-0.15, -0.1) is 0 Å². The Morgan fingerprint density at radius 1 is 1.17 bits per heavy atom. The molecule has 0 spiro atoms. The summed E-state index contributed by atoms with van der Waals surface area (Å²) in [4.78, 5) is 0. The van der Waals surface area contributed by atoms with Crippen LogP contribution in [0.5, 0.6) is 0 Å². The minimum absolute atomic E-state index is 0.668. The van der Waals surface area contributed by atoms with Crippen LogP contribution in [0, 0.1) is 0 Å². The van der Waals surface area contributed by atoms with E-state index in [0.717, 1.165) is 0 Å². The van der Waals surface area contributed by atoms with E-state index in [1.54, 1.807) is 0 Å². The third-order valence-electron chi connectivity index (χ3n) is 2.79. The van der Waals surface area contributed by atoms with Gasteiger partial charge in [0.25, 0.3) is 0 Å². The Balaban J connectivity index is 2.32. The maximum Gasteiger partial charge on any atom is 0.00677 e. The van der Waals surface area contributed by atoms with E-state index in [1.165, 1.54) is 23.1 Å². The predicted molar refractivity (Wildman–Crippen MR) is 50.9 cm³/mol. The van der Waals surface area contributed by atoms with Crippen molar-refractivity contribution in [3.05, 3.63) is 53.6 Å². The molecule has 1 unspecified atom stereocenters. The average Bonchev–Trinajstić information content (AvgIpc) is 2.41. The highest BCUT2D eigenvalue weighted by molar-refractivity contribution is 5.77. The third-order valence-corrected chi connectivity index (χ3v) is 2.79. The molecule has 2 aliphatic rings. The van der Waals surface area contributed by atoms with Crippen LogP contribution in [0.3, 0.4) is 0 Å². The predicted octanol–water partition coefficient (Wildman–Crippen LogP) is 3.13. The first-order chi connectivity index (χ1) is 5.95. The normalized spacial score (nSPS) is 23.7. The molecule has 58 valence electrons. The van der Waals surface area contributed by atoms with Gasteiger partial charge in [-0.25, -0.2) is 0 Å². The summed E-state index contributed by atoms with van der Waals surface area (Å²) in [5.74, 6) is 0.668. The van der Waals surface area contributed by atoms with Gasteiger partial charge in [0.2, 0.25) is 0 Å². The van der Waals surface area contributed by atoms with Crippen molar-refractivity contribution < 1.29 is 0 Å². The van der Waals surface area contributed by atoms with Gasteiger partial charge in [0.05, 0.1) is 0 Å². The maximum atomic E-state index is 2.30. The summed E-state index contributed by atoms with van der Waals surface area (Å²) < 4.78 is 0. The summed E-state index contributed by atoms with van der Waals surface area (Å²) in [7, 11) is 0. The first kappa shape index (κ1) is 6.24. The van der Waals surface area contributed by atoms with Gasteiger partial charge in [-0.2, -0.15) is 0 Å². The highest BCUT2D eigenvalue weighted by Gasteiger charge is 2.25. The van der Waals surface area contributed by atoms with Gasteiger partial charge in [0, 0.05) is 5.92 Å². The minimum atomic E-state index is 0.668. The SMILES string of the molecule is C1=CC2CC(=C1)c1ccccc12. The Hall–Kier alpha value is -1.30. The molecular formula is C12H10. The number of rotatable bonds is 0. The van der Waals surface area contributed by atoms with Crippen molar-refractivity contribution in [1.29, 1.82) is 0 Å². The lowest BCUT2D eigenvalue weighted by Crippen LogP contribution is -1.87. The van der Waals surface area contributed by atoms with E-state index in [1.807, 2.05) is 0 Å². The molecule has 0 heterocycles. The number of allylic oxidation sites excluding steroid dienone is 4. The summed E-state index contributed by atoms with van der Waals surface area (Å²) >= 11 is 0. The molecule has 12 heavy (non-hydrogen) atoms. The molecule has 1 aromatic rings. The van der Waals surface area contributed by atoms with Crippen LogP contribution in [0.4, 0.5) is 0 Å². The fraction of sp³-hybridized carbons (Fsp3) is 0.167. The second-order valence-electron chi connectivity index (χ2n) is 3.47. The van der Waals surface area contributed by atoms with E-state index in [2.05, 4.69) is 42.5 Å². The monoisotopic (exact) mass is 154 g/mol. The molecule has 1 aromatic carbocycles. The van der Waals surface area contributed by atoms with Gasteiger partial charge in [0.15, 0.2) is 0 Å². The molecule has 0 heteroatoms. The van der Waals surface area contributed by atoms with Crippen molar-refractivity contribution in [2.75, 3.05) is 0 Å². The first-order valence-electron chi connectivity index (χ1n) is 4.42. The van der Waals surface area contributed by atoms with Crippen LogP contribution in [0.25, 0.3) is 5.57 Å². The highest BCUT2D eigenvalue weighted by Crippen LogP contribution is 2.43. The van der Waals surface area contributed by atoms with Crippen molar-refractivity contribution in [3.63, 3.8) is 0 Å². The molecule has 0 fully saturated rings. The Bertz CT molecular complexity index is 383. The summed E-state index contributed by atoms with van der Waals surface area (Å²) in [6.07, 6.45) is 7.94. The van der Waals surface area contributed by atoms with Gasteiger partial charge in [-0.1, -0.05) is 42.5 Å². The van der Waals surface area contributed by atoms with Crippen molar-refractivity contribution >= 4 is 5.57 Å². The minimum Gasteiger partial charge on any atom is -0.0766 e. The van der Waals surface area contributed by atoms with E-state index in [4.69, 9.17) is 0 Å². The van der Waals surface area contributed by atoms with Crippen molar-refractivity contribution in [2.45, 2.75) is 12.3 Å². The van der Waals surface area contributed by atoms with Crippen molar-refractivity contribution in [2.24, 2.45) is 0 Å². The highest BCUT2D eigenvalue weighted by atomic mass is 14.3. The zero-order valence-corrected chi connectivity index (χ0v) is 6.83. The van der Waals surface area contributed by atoms with E-state index < -0.39 is 0 Å². The third kappa shape index (κ3) is 0.672. The Labute approximate surface area is 72.2 Å². The smallest absolute Gasteiger partial charge is 0.00677 e. The van der Waals surface area contributed by atoms with Crippen molar-refractivity contribution in [1.82, 2.24) is 0 Å². The molecule has 1 atom stereocenters. The van der Waals surface area contributed by atoms with Gasteiger partial charge in [0.1, 0.15) is 0 Å². The van der Waals surface area contributed by atoms with Crippen LogP contribution in [0.1, 0.15) is 23.5 Å². The topological polar surface area (TPSA) is 0 Å². The lowest BCUT2D eigenvalue weighted by Gasteiger charge is -2.04. The van der Waals surface area contributed by atoms with Gasteiger partial charge in [-0.3, -0.25) is 0 Å². The lowest BCUT2D eigenvalue weighted by molar-refractivity contribution is 0.914. The molecule has 0 N–H and O–H groups in total. The maximum absolute atomic E-state index is 2.30. The van der Waals surface area contributed by atoms with Crippen LogP contribution in [-0.4, -0.2) is 0 Å². The Kier molecular flexibility index (Phi) is 1.09.